The first-order valence-corrected chi connectivity index (χ1v) is 8.71. The first-order chi connectivity index (χ1) is 10.6. The molecule has 3 aromatic rings. The van der Waals surface area contributed by atoms with E-state index in [2.05, 4.69) is 0 Å². The molecule has 2 N–H and O–H groups in total. The standard InChI is InChI=1S/C17H18N2O2S/c18-11-6-12-19-13-17(15-9-4-5-10-16(15)19)22(20,21)14-7-2-1-3-8-14/h1-5,7-10,13H,6,11-12,18H2. The molecule has 0 unspecified atom stereocenters. The molecule has 4 nitrogen and oxygen atoms in total. The molecule has 0 fully saturated rings. The van der Waals surface area contributed by atoms with Crippen LogP contribution in [0.5, 0.6) is 0 Å². The smallest absolute Gasteiger partial charge is 0.208 e. The third-order valence-corrected chi connectivity index (χ3v) is 5.50. The summed E-state index contributed by atoms with van der Waals surface area (Å²) < 4.78 is 27.8. The van der Waals surface area contributed by atoms with Crippen LogP contribution in [-0.2, 0) is 16.4 Å². The second kappa shape index (κ2) is 5.94. The van der Waals surface area contributed by atoms with Gasteiger partial charge in [-0.3, -0.25) is 0 Å². The summed E-state index contributed by atoms with van der Waals surface area (Å²) in [7, 11) is -3.52. The Hall–Kier alpha value is -2.11. The fourth-order valence-corrected chi connectivity index (χ4v) is 4.10. The molecule has 0 aliphatic heterocycles. The molecule has 114 valence electrons. The molecule has 0 aliphatic carbocycles. The zero-order chi connectivity index (χ0) is 15.6. The molecule has 0 amide bonds. The Morgan fingerprint density at radius 3 is 2.36 bits per heavy atom. The van der Waals surface area contributed by atoms with Crippen LogP contribution in [0.15, 0.2) is 70.6 Å². The topological polar surface area (TPSA) is 65.1 Å². The Balaban J connectivity index is 2.19. The molecule has 0 bridgehead atoms. The van der Waals surface area contributed by atoms with Gasteiger partial charge in [0.15, 0.2) is 0 Å². The molecule has 0 spiro atoms. The maximum absolute atomic E-state index is 12.9. The molecule has 5 heteroatoms. The van der Waals surface area contributed by atoms with Crippen LogP contribution >= 0.6 is 0 Å². The number of aryl methyl sites for hydroxylation is 1. The molecular weight excluding hydrogens is 296 g/mol. The number of fused-ring (bicyclic) bond motifs is 1. The molecule has 1 aromatic heterocycles. The summed E-state index contributed by atoms with van der Waals surface area (Å²) in [5.74, 6) is 0. The minimum atomic E-state index is -3.52. The average Bonchev–Trinajstić information content (AvgIpc) is 2.93. The number of rotatable bonds is 5. The third kappa shape index (κ3) is 2.53. The summed E-state index contributed by atoms with van der Waals surface area (Å²) in [6.07, 6.45) is 2.53. The van der Waals surface area contributed by atoms with Crippen molar-refractivity contribution < 1.29 is 8.42 Å². The fourth-order valence-electron chi connectivity index (χ4n) is 2.60. The van der Waals surface area contributed by atoms with Crippen LogP contribution in [0, 0.1) is 0 Å². The monoisotopic (exact) mass is 314 g/mol. The number of hydrogen-bond acceptors (Lipinski definition) is 3. The van der Waals surface area contributed by atoms with Crippen LogP contribution < -0.4 is 5.73 Å². The molecule has 1 heterocycles. The van der Waals surface area contributed by atoms with Gasteiger partial charge in [0.05, 0.1) is 9.79 Å². The van der Waals surface area contributed by atoms with E-state index in [1.807, 2.05) is 34.9 Å². The lowest BCUT2D eigenvalue weighted by atomic mass is 10.2. The minimum absolute atomic E-state index is 0.316. The van der Waals surface area contributed by atoms with Crippen LogP contribution in [0.4, 0.5) is 0 Å². The largest absolute Gasteiger partial charge is 0.346 e. The first-order valence-electron chi connectivity index (χ1n) is 7.22. The number of hydrogen-bond donors (Lipinski definition) is 1. The number of benzene rings is 2. The summed E-state index contributed by atoms with van der Waals surface area (Å²) in [6, 6.07) is 16.1. The zero-order valence-electron chi connectivity index (χ0n) is 12.1. The van der Waals surface area contributed by atoms with E-state index in [0.717, 1.165) is 17.3 Å². The highest BCUT2D eigenvalue weighted by Crippen LogP contribution is 2.30. The molecule has 0 saturated heterocycles. The minimum Gasteiger partial charge on any atom is -0.346 e. The predicted molar refractivity (Wildman–Crippen MR) is 87.5 cm³/mol. The van der Waals surface area contributed by atoms with Crippen molar-refractivity contribution in [3.8, 4) is 0 Å². The first kappa shape index (κ1) is 14.8. The molecular formula is C17H18N2O2S. The average molecular weight is 314 g/mol. The maximum atomic E-state index is 12.9. The lowest BCUT2D eigenvalue weighted by Crippen LogP contribution is -2.05. The van der Waals surface area contributed by atoms with Crippen molar-refractivity contribution in [2.24, 2.45) is 5.73 Å². The summed E-state index contributed by atoms with van der Waals surface area (Å²) in [5.41, 5.74) is 6.49. The van der Waals surface area contributed by atoms with Gasteiger partial charge in [0, 0.05) is 23.6 Å². The molecule has 2 aromatic carbocycles. The van der Waals surface area contributed by atoms with Gasteiger partial charge in [-0.25, -0.2) is 8.42 Å². The summed E-state index contributed by atoms with van der Waals surface area (Å²) in [5, 5.41) is 0.753. The van der Waals surface area contributed by atoms with Crippen LogP contribution in [0.2, 0.25) is 0 Å². The lowest BCUT2D eigenvalue weighted by molar-refractivity contribution is 0.595. The fraction of sp³-hybridized carbons (Fsp3) is 0.176. The van der Waals surface area contributed by atoms with E-state index in [1.54, 1.807) is 30.5 Å². The second-order valence-electron chi connectivity index (χ2n) is 5.16. The highest BCUT2D eigenvalue weighted by atomic mass is 32.2. The molecule has 22 heavy (non-hydrogen) atoms. The predicted octanol–water partition coefficient (Wildman–Crippen LogP) is 2.82. The van der Waals surface area contributed by atoms with E-state index < -0.39 is 9.84 Å². The van der Waals surface area contributed by atoms with Gasteiger partial charge in [0.1, 0.15) is 0 Å². The number of nitrogens with zero attached hydrogens (tertiary/aromatic N) is 1. The van der Waals surface area contributed by atoms with Crippen LogP contribution in [0.25, 0.3) is 10.9 Å². The van der Waals surface area contributed by atoms with Crippen molar-refractivity contribution in [3.05, 3.63) is 60.8 Å². The number of aromatic nitrogens is 1. The zero-order valence-corrected chi connectivity index (χ0v) is 13.0. The highest BCUT2D eigenvalue weighted by molar-refractivity contribution is 7.91. The normalized spacial score (nSPS) is 11.9. The van der Waals surface area contributed by atoms with Crippen molar-refractivity contribution in [3.63, 3.8) is 0 Å². The molecule has 0 radical (unpaired) electrons. The van der Waals surface area contributed by atoms with Crippen molar-refractivity contribution >= 4 is 20.7 Å². The SMILES string of the molecule is NCCCn1cc(S(=O)(=O)c2ccccc2)c2ccccc21. The van der Waals surface area contributed by atoms with Gasteiger partial charge in [-0.05, 0) is 31.2 Å². The van der Waals surface area contributed by atoms with E-state index in [4.69, 9.17) is 5.73 Å². The van der Waals surface area contributed by atoms with Crippen LogP contribution in [0.3, 0.4) is 0 Å². The van der Waals surface area contributed by atoms with Gasteiger partial charge in [0.2, 0.25) is 9.84 Å². The van der Waals surface area contributed by atoms with Crippen LogP contribution in [0.1, 0.15) is 6.42 Å². The molecule has 0 atom stereocenters. The van der Waals surface area contributed by atoms with E-state index in [0.29, 0.717) is 22.9 Å². The van der Waals surface area contributed by atoms with Crippen LogP contribution in [-0.4, -0.2) is 19.5 Å². The highest BCUT2D eigenvalue weighted by Gasteiger charge is 2.22. The van der Waals surface area contributed by atoms with Gasteiger partial charge in [-0.1, -0.05) is 36.4 Å². The third-order valence-electron chi connectivity index (χ3n) is 3.70. The van der Waals surface area contributed by atoms with E-state index in [9.17, 15) is 8.42 Å². The van der Waals surface area contributed by atoms with Gasteiger partial charge < -0.3 is 10.3 Å². The van der Waals surface area contributed by atoms with Gasteiger partial charge in [0.25, 0.3) is 0 Å². The lowest BCUT2D eigenvalue weighted by Gasteiger charge is -2.03. The van der Waals surface area contributed by atoms with E-state index >= 15 is 0 Å². The Labute approximate surface area is 130 Å². The Bertz CT molecular complexity index is 883. The summed E-state index contributed by atoms with van der Waals surface area (Å²) in [6.45, 7) is 1.29. The summed E-state index contributed by atoms with van der Waals surface area (Å²) >= 11 is 0. The van der Waals surface area contributed by atoms with Crippen molar-refractivity contribution in [1.29, 1.82) is 0 Å². The van der Waals surface area contributed by atoms with E-state index in [1.165, 1.54) is 0 Å². The second-order valence-corrected chi connectivity index (χ2v) is 7.08. The summed E-state index contributed by atoms with van der Waals surface area (Å²) in [4.78, 5) is 0.669. The van der Waals surface area contributed by atoms with Crippen molar-refractivity contribution in [2.75, 3.05) is 6.54 Å². The Morgan fingerprint density at radius 1 is 0.955 bits per heavy atom. The van der Waals surface area contributed by atoms with Crippen molar-refractivity contribution in [1.82, 2.24) is 4.57 Å². The van der Waals surface area contributed by atoms with Gasteiger partial charge >= 0.3 is 0 Å². The number of para-hydroxylation sites is 1. The molecule has 0 aliphatic rings. The Kier molecular flexibility index (Phi) is 4.00. The number of nitrogens with two attached hydrogens (primary N) is 1. The Morgan fingerprint density at radius 2 is 1.64 bits per heavy atom. The quantitative estimate of drug-likeness (QED) is 0.787. The van der Waals surface area contributed by atoms with E-state index in [-0.39, 0.29) is 0 Å². The van der Waals surface area contributed by atoms with Crippen molar-refractivity contribution in [2.45, 2.75) is 22.8 Å². The molecule has 3 rings (SSSR count). The molecule has 0 saturated carbocycles. The van der Waals surface area contributed by atoms with Gasteiger partial charge in [-0.15, -0.1) is 0 Å². The number of sulfone groups is 1. The van der Waals surface area contributed by atoms with Gasteiger partial charge in [-0.2, -0.15) is 0 Å². The maximum Gasteiger partial charge on any atom is 0.208 e.